The van der Waals surface area contributed by atoms with Gasteiger partial charge in [0.05, 0.1) is 6.21 Å². The third kappa shape index (κ3) is 8.25. The third-order valence-electron chi connectivity index (χ3n) is 1.60. The van der Waals surface area contributed by atoms with Crippen LogP contribution in [0.2, 0.25) is 0 Å². The lowest BCUT2D eigenvalue weighted by atomic mass is 10.1. The van der Waals surface area contributed by atoms with Crippen LogP contribution in [0.5, 0.6) is 0 Å². The summed E-state index contributed by atoms with van der Waals surface area (Å²) in [7, 11) is 3.61. The highest BCUT2D eigenvalue weighted by Gasteiger charge is 2.14. The van der Waals surface area contributed by atoms with Gasteiger partial charge in [-0.3, -0.25) is 0 Å². The van der Waals surface area contributed by atoms with Gasteiger partial charge in [0.1, 0.15) is 5.60 Å². The minimum atomic E-state index is -0.494. The first kappa shape index (κ1) is 15.4. The van der Waals surface area contributed by atoms with Crippen LogP contribution in [-0.4, -0.2) is 36.9 Å². The predicted octanol–water partition coefficient (Wildman–Crippen LogP) is 2.38. The van der Waals surface area contributed by atoms with Gasteiger partial charge in [0.2, 0.25) is 0 Å². The quantitative estimate of drug-likeness (QED) is 0.248. The molecule has 0 atom stereocenters. The molecule has 0 N–H and O–H groups in total. The number of esters is 1. The zero-order valence-electron chi connectivity index (χ0n) is 11.6. The lowest BCUT2D eigenvalue weighted by Gasteiger charge is -2.18. The molecule has 4 heteroatoms. The number of allylic oxidation sites excluding steroid dienone is 2. The Bertz CT molecular complexity index is 347. The maximum Gasteiger partial charge on any atom is 0.331 e. The molecular formula is C13H22N2O2. The van der Waals surface area contributed by atoms with E-state index in [1.165, 1.54) is 6.08 Å². The van der Waals surface area contributed by atoms with Crippen molar-refractivity contribution in [1.29, 1.82) is 0 Å². The van der Waals surface area contributed by atoms with Crippen LogP contribution in [0.1, 0.15) is 27.7 Å². The van der Waals surface area contributed by atoms with Gasteiger partial charge in [0.25, 0.3) is 0 Å². The van der Waals surface area contributed by atoms with Crippen LogP contribution < -0.4 is 0 Å². The Kier molecular flexibility index (Phi) is 5.65. The summed E-state index contributed by atoms with van der Waals surface area (Å²) in [6.45, 7) is 11.1. The van der Waals surface area contributed by atoms with Crippen molar-refractivity contribution >= 4 is 12.2 Å². The van der Waals surface area contributed by atoms with Crippen LogP contribution in [-0.2, 0) is 9.53 Å². The van der Waals surface area contributed by atoms with E-state index < -0.39 is 5.60 Å². The molecule has 0 amide bonds. The average molecular weight is 238 g/mol. The molecule has 0 aromatic rings. The van der Waals surface area contributed by atoms with Crippen LogP contribution >= 0.6 is 0 Å². The van der Waals surface area contributed by atoms with Crippen molar-refractivity contribution in [2.45, 2.75) is 33.3 Å². The monoisotopic (exact) mass is 238 g/mol. The van der Waals surface area contributed by atoms with Crippen molar-refractivity contribution in [1.82, 2.24) is 5.01 Å². The van der Waals surface area contributed by atoms with E-state index in [2.05, 4.69) is 11.7 Å². The van der Waals surface area contributed by atoms with Gasteiger partial charge in [-0.05, 0) is 33.3 Å². The summed E-state index contributed by atoms with van der Waals surface area (Å²) < 4.78 is 5.19. The highest BCUT2D eigenvalue weighted by atomic mass is 16.6. The van der Waals surface area contributed by atoms with Crippen molar-refractivity contribution < 1.29 is 9.53 Å². The average Bonchev–Trinajstić information content (AvgIpc) is 2.08. The molecule has 4 nitrogen and oxygen atoms in total. The summed E-state index contributed by atoms with van der Waals surface area (Å²) in [6, 6.07) is 0. The second-order valence-electron chi connectivity index (χ2n) is 5.01. The Morgan fingerprint density at radius 1 is 1.35 bits per heavy atom. The fraction of sp³-hybridized carbons (Fsp3) is 0.538. The smallest absolute Gasteiger partial charge is 0.331 e. The number of hydrogen-bond acceptors (Lipinski definition) is 4. The highest BCUT2D eigenvalue weighted by Crippen LogP contribution is 2.10. The van der Waals surface area contributed by atoms with Crippen LogP contribution in [0.25, 0.3) is 0 Å². The molecule has 0 saturated carbocycles. The van der Waals surface area contributed by atoms with Crippen LogP contribution in [0.3, 0.4) is 0 Å². The molecule has 0 aromatic heterocycles. The second kappa shape index (κ2) is 6.23. The second-order valence-corrected chi connectivity index (χ2v) is 5.01. The number of nitrogens with zero attached hydrogens (tertiary/aromatic N) is 2. The number of rotatable bonds is 4. The van der Waals surface area contributed by atoms with Crippen molar-refractivity contribution in [3.63, 3.8) is 0 Å². The fourth-order valence-electron chi connectivity index (χ4n) is 0.907. The summed E-state index contributed by atoms with van der Waals surface area (Å²) in [6.07, 6.45) is 2.99. The maximum absolute atomic E-state index is 11.6. The summed E-state index contributed by atoms with van der Waals surface area (Å²) in [5.74, 6) is -0.388. The topological polar surface area (TPSA) is 41.9 Å². The van der Waals surface area contributed by atoms with Crippen LogP contribution in [0.4, 0.5) is 0 Å². The molecule has 17 heavy (non-hydrogen) atoms. The summed E-state index contributed by atoms with van der Waals surface area (Å²) >= 11 is 0. The number of carbonyl (C=O) groups is 1. The SMILES string of the molecule is C=C(C)C(/C=N/N(C)C)=C\C(=O)OC(C)(C)C. The highest BCUT2D eigenvalue weighted by molar-refractivity contribution is 5.94. The Balaban J connectivity index is 4.83. The Labute approximate surface area is 104 Å². The van der Waals surface area contributed by atoms with E-state index >= 15 is 0 Å². The molecule has 0 aliphatic carbocycles. The molecular weight excluding hydrogens is 216 g/mol. The van der Waals surface area contributed by atoms with Crippen LogP contribution in [0, 0.1) is 0 Å². The van der Waals surface area contributed by atoms with Gasteiger partial charge in [-0.1, -0.05) is 6.58 Å². The molecule has 0 bridgehead atoms. The first-order valence-corrected chi connectivity index (χ1v) is 5.43. The Morgan fingerprint density at radius 3 is 2.24 bits per heavy atom. The maximum atomic E-state index is 11.6. The first-order valence-electron chi connectivity index (χ1n) is 5.43. The third-order valence-corrected chi connectivity index (χ3v) is 1.60. The molecule has 0 heterocycles. The van der Waals surface area contributed by atoms with E-state index in [-0.39, 0.29) is 5.97 Å². The molecule has 0 unspecified atom stereocenters. The van der Waals surface area contributed by atoms with Crippen molar-refractivity contribution in [2.75, 3.05) is 14.1 Å². The normalized spacial score (nSPS) is 12.7. The van der Waals surface area contributed by atoms with Gasteiger partial charge < -0.3 is 9.75 Å². The Hall–Kier alpha value is -1.58. The molecule has 0 aromatic carbocycles. The fourth-order valence-corrected chi connectivity index (χ4v) is 0.907. The van der Waals surface area contributed by atoms with E-state index in [1.54, 1.807) is 25.3 Å². The van der Waals surface area contributed by atoms with Gasteiger partial charge >= 0.3 is 5.97 Å². The van der Waals surface area contributed by atoms with Crippen LogP contribution in [0.15, 0.2) is 28.9 Å². The van der Waals surface area contributed by atoms with Gasteiger partial charge in [-0.25, -0.2) is 4.79 Å². The number of ether oxygens (including phenoxy) is 1. The van der Waals surface area contributed by atoms with E-state index in [4.69, 9.17) is 4.74 Å². The standard InChI is InChI=1S/C13H22N2O2/c1-10(2)11(9-14-15(6)7)8-12(16)17-13(3,4)5/h8-9H,1H2,2-7H3/b11-8-,14-9+. The van der Waals surface area contributed by atoms with Gasteiger partial charge in [-0.2, -0.15) is 5.10 Å². The lowest BCUT2D eigenvalue weighted by molar-refractivity contribution is -0.148. The molecule has 0 aliphatic rings. The zero-order chi connectivity index (χ0) is 13.6. The lowest BCUT2D eigenvalue weighted by Crippen LogP contribution is -2.23. The Morgan fingerprint density at radius 2 is 1.88 bits per heavy atom. The van der Waals surface area contributed by atoms with Crippen molar-refractivity contribution in [3.05, 3.63) is 23.8 Å². The minimum absolute atomic E-state index is 0.388. The molecule has 96 valence electrons. The largest absolute Gasteiger partial charge is 0.457 e. The predicted molar refractivity (Wildman–Crippen MR) is 70.9 cm³/mol. The van der Waals surface area contributed by atoms with E-state index in [9.17, 15) is 4.79 Å². The summed E-state index contributed by atoms with van der Waals surface area (Å²) in [4.78, 5) is 11.6. The summed E-state index contributed by atoms with van der Waals surface area (Å²) in [5, 5.41) is 5.71. The molecule has 0 saturated heterocycles. The zero-order valence-corrected chi connectivity index (χ0v) is 11.6. The van der Waals surface area contributed by atoms with Gasteiger partial charge in [0, 0.05) is 25.7 Å². The van der Waals surface area contributed by atoms with Crippen molar-refractivity contribution in [2.24, 2.45) is 5.10 Å². The first-order chi connectivity index (χ1) is 7.61. The van der Waals surface area contributed by atoms with Gasteiger partial charge in [0.15, 0.2) is 0 Å². The van der Waals surface area contributed by atoms with E-state index in [0.717, 1.165) is 5.57 Å². The van der Waals surface area contributed by atoms with Crippen molar-refractivity contribution in [3.8, 4) is 0 Å². The molecule has 0 rings (SSSR count). The minimum Gasteiger partial charge on any atom is -0.457 e. The number of hydrogen-bond donors (Lipinski definition) is 0. The molecule has 0 spiro atoms. The molecule has 0 aliphatic heterocycles. The van der Waals surface area contributed by atoms with E-state index in [1.807, 2.05) is 27.7 Å². The van der Waals surface area contributed by atoms with Gasteiger partial charge in [-0.15, -0.1) is 0 Å². The number of hydrazone groups is 1. The summed E-state index contributed by atoms with van der Waals surface area (Å²) in [5.41, 5.74) is 0.932. The molecule has 0 radical (unpaired) electrons. The molecule has 0 fully saturated rings. The van der Waals surface area contributed by atoms with E-state index in [0.29, 0.717) is 5.57 Å². The number of carbonyl (C=O) groups excluding carboxylic acids is 1.